The van der Waals surface area contributed by atoms with Crippen molar-refractivity contribution in [2.45, 2.75) is 12.3 Å². The van der Waals surface area contributed by atoms with E-state index in [1.165, 1.54) is 0 Å². The number of furan rings is 1. The van der Waals surface area contributed by atoms with Crippen LogP contribution >= 0.6 is 23.2 Å². The predicted molar refractivity (Wildman–Crippen MR) is 69.1 cm³/mol. The molecule has 0 bridgehead atoms. The van der Waals surface area contributed by atoms with Crippen LogP contribution in [0.2, 0.25) is 5.02 Å². The third-order valence-corrected chi connectivity index (χ3v) is 3.35. The smallest absolute Gasteiger partial charge is 0.137 e. The summed E-state index contributed by atoms with van der Waals surface area (Å²) in [6.07, 6.45) is 1.63. The third kappa shape index (κ3) is 2.43. The van der Waals surface area contributed by atoms with Gasteiger partial charge in [-0.25, -0.2) is 0 Å². The number of hydrogen-bond acceptors (Lipinski definition) is 2. The lowest BCUT2D eigenvalue weighted by atomic mass is 10.1. The van der Waals surface area contributed by atoms with Gasteiger partial charge in [-0.15, -0.1) is 11.6 Å². The Kier molecular flexibility index (Phi) is 3.65. The van der Waals surface area contributed by atoms with Crippen LogP contribution < -0.4 is 4.74 Å². The molecule has 90 valence electrons. The van der Waals surface area contributed by atoms with Crippen LogP contribution in [-0.2, 0) is 0 Å². The maximum atomic E-state index is 6.35. The zero-order valence-corrected chi connectivity index (χ0v) is 11.0. The second-order valence-electron chi connectivity index (χ2n) is 3.72. The molecule has 0 N–H and O–H groups in total. The topological polar surface area (TPSA) is 22.4 Å². The summed E-state index contributed by atoms with van der Waals surface area (Å²) in [6.45, 7) is 1.96. The quantitative estimate of drug-likeness (QED) is 0.762. The Labute approximate surface area is 110 Å². The van der Waals surface area contributed by atoms with Gasteiger partial charge < -0.3 is 9.15 Å². The minimum Gasteiger partial charge on any atom is -0.495 e. The summed E-state index contributed by atoms with van der Waals surface area (Å²) >= 11 is 12.4. The predicted octanol–water partition coefficient (Wildman–Crippen LogP) is 4.58. The third-order valence-electron chi connectivity index (χ3n) is 2.60. The van der Waals surface area contributed by atoms with Crippen molar-refractivity contribution in [3.8, 4) is 5.75 Å². The van der Waals surface area contributed by atoms with Crippen LogP contribution in [0.25, 0.3) is 0 Å². The molecule has 0 aliphatic rings. The number of methoxy groups -OCH3 is 1. The van der Waals surface area contributed by atoms with Gasteiger partial charge in [-0.2, -0.15) is 0 Å². The largest absolute Gasteiger partial charge is 0.495 e. The molecule has 2 aromatic rings. The maximum Gasteiger partial charge on any atom is 0.137 e. The zero-order valence-electron chi connectivity index (χ0n) is 9.54. The molecule has 1 aromatic carbocycles. The molecule has 4 heteroatoms. The molecule has 1 heterocycles. The molecule has 0 fully saturated rings. The Hall–Kier alpha value is -1.12. The van der Waals surface area contributed by atoms with Crippen LogP contribution in [0.15, 0.2) is 34.9 Å². The first-order valence-electron chi connectivity index (χ1n) is 5.15. The van der Waals surface area contributed by atoms with E-state index in [1.807, 2.05) is 19.1 Å². The first-order valence-corrected chi connectivity index (χ1v) is 5.96. The van der Waals surface area contributed by atoms with E-state index in [-0.39, 0.29) is 5.38 Å². The van der Waals surface area contributed by atoms with Gasteiger partial charge in [0.1, 0.15) is 16.9 Å². The van der Waals surface area contributed by atoms with E-state index in [4.69, 9.17) is 32.4 Å². The van der Waals surface area contributed by atoms with Gasteiger partial charge in [-0.05, 0) is 36.2 Å². The lowest BCUT2D eigenvalue weighted by Gasteiger charge is -2.10. The van der Waals surface area contributed by atoms with E-state index in [9.17, 15) is 0 Å². The molecule has 2 rings (SSSR count). The number of alkyl halides is 1. The standard InChI is InChI=1S/C13H12Cl2O2/c1-8-5-6-17-13(8)12(15)9-3-4-11(16-2)10(14)7-9/h3-7,12H,1-2H3. The Morgan fingerprint density at radius 1 is 1.29 bits per heavy atom. The molecule has 0 aliphatic carbocycles. The van der Waals surface area contributed by atoms with E-state index < -0.39 is 0 Å². The van der Waals surface area contributed by atoms with Gasteiger partial charge in [0.2, 0.25) is 0 Å². The van der Waals surface area contributed by atoms with Gasteiger partial charge in [-0.1, -0.05) is 17.7 Å². The Morgan fingerprint density at radius 3 is 2.59 bits per heavy atom. The van der Waals surface area contributed by atoms with Gasteiger partial charge in [0.05, 0.1) is 18.4 Å². The second-order valence-corrected chi connectivity index (χ2v) is 4.57. The highest BCUT2D eigenvalue weighted by atomic mass is 35.5. The van der Waals surface area contributed by atoms with Crippen LogP contribution in [0.3, 0.4) is 0 Å². The summed E-state index contributed by atoms with van der Waals surface area (Å²) in [5.41, 5.74) is 1.91. The summed E-state index contributed by atoms with van der Waals surface area (Å²) in [4.78, 5) is 0. The molecule has 0 amide bonds. The average molecular weight is 271 g/mol. The van der Waals surface area contributed by atoms with Crippen LogP contribution in [-0.4, -0.2) is 7.11 Å². The number of rotatable bonds is 3. The molecule has 1 atom stereocenters. The highest BCUT2D eigenvalue weighted by Gasteiger charge is 2.17. The summed E-state index contributed by atoms with van der Waals surface area (Å²) in [7, 11) is 1.58. The van der Waals surface area contributed by atoms with Gasteiger partial charge in [0.15, 0.2) is 0 Å². The summed E-state index contributed by atoms with van der Waals surface area (Å²) < 4.78 is 10.5. The maximum absolute atomic E-state index is 6.35. The molecule has 0 aliphatic heterocycles. The molecule has 1 unspecified atom stereocenters. The van der Waals surface area contributed by atoms with Gasteiger partial charge in [-0.3, -0.25) is 0 Å². The van der Waals surface area contributed by atoms with Crippen LogP contribution in [0.4, 0.5) is 0 Å². The second kappa shape index (κ2) is 5.03. The lowest BCUT2D eigenvalue weighted by Crippen LogP contribution is -1.94. The molecule has 0 saturated carbocycles. The molecular weight excluding hydrogens is 259 g/mol. The summed E-state index contributed by atoms with van der Waals surface area (Å²) in [6, 6.07) is 7.35. The van der Waals surface area contributed by atoms with Gasteiger partial charge in [0.25, 0.3) is 0 Å². The number of hydrogen-bond donors (Lipinski definition) is 0. The number of benzene rings is 1. The summed E-state index contributed by atoms with van der Waals surface area (Å²) in [5.74, 6) is 1.38. The summed E-state index contributed by atoms with van der Waals surface area (Å²) in [5, 5.41) is 0.202. The number of halogens is 2. The molecule has 0 spiro atoms. The Bertz CT molecular complexity index is 520. The minimum absolute atomic E-state index is 0.339. The van der Waals surface area contributed by atoms with Crippen molar-refractivity contribution < 1.29 is 9.15 Å². The van der Waals surface area contributed by atoms with E-state index in [0.717, 1.165) is 16.9 Å². The van der Waals surface area contributed by atoms with Crippen molar-refractivity contribution >= 4 is 23.2 Å². The molecule has 0 radical (unpaired) electrons. The van der Waals surface area contributed by atoms with Crippen molar-refractivity contribution in [2.75, 3.05) is 7.11 Å². The number of ether oxygens (including phenoxy) is 1. The number of aryl methyl sites for hydroxylation is 1. The van der Waals surface area contributed by atoms with Gasteiger partial charge in [0, 0.05) is 0 Å². The van der Waals surface area contributed by atoms with Crippen molar-refractivity contribution in [3.05, 3.63) is 52.4 Å². The molecule has 1 aromatic heterocycles. The highest BCUT2D eigenvalue weighted by molar-refractivity contribution is 6.32. The molecule has 0 saturated heterocycles. The van der Waals surface area contributed by atoms with Crippen molar-refractivity contribution in [1.29, 1.82) is 0 Å². The first kappa shape index (κ1) is 12.3. The van der Waals surface area contributed by atoms with Crippen LogP contribution in [0.5, 0.6) is 5.75 Å². The fourth-order valence-corrected chi connectivity index (χ4v) is 2.26. The highest BCUT2D eigenvalue weighted by Crippen LogP contribution is 2.35. The molecule has 2 nitrogen and oxygen atoms in total. The van der Waals surface area contributed by atoms with E-state index in [2.05, 4.69) is 0 Å². The Morgan fingerprint density at radius 2 is 2.06 bits per heavy atom. The monoisotopic (exact) mass is 270 g/mol. The molecular formula is C13H12Cl2O2. The first-order chi connectivity index (χ1) is 8.13. The van der Waals surface area contributed by atoms with Crippen molar-refractivity contribution in [1.82, 2.24) is 0 Å². The fraction of sp³-hybridized carbons (Fsp3) is 0.231. The van der Waals surface area contributed by atoms with Crippen molar-refractivity contribution in [2.24, 2.45) is 0 Å². The lowest BCUT2D eigenvalue weighted by molar-refractivity contribution is 0.415. The fourth-order valence-electron chi connectivity index (χ4n) is 1.64. The normalized spacial score (nSPS) is 12.5. The molecule has 17 heavy (non-hydrogen) atoms. The van der Waals surface area contributed by atoms with Crippen molar-refractivity contribution in [3.63, 3.8) is 0 Å². The van der Waals surface area contributed by atoms with Crippen LogP contribution in [0, 0.1) is 6.92 Å². The van der Waals surface area contributed by atoms with E-state index in [0.29, 0.717) is 10.8 Å². The zero-order chi connectivity index (χ0) is 12.4. The average Bonchev–Trinajstić information content (AvgIpc) is 2.74. The Balaban J connectivity index is 2.35. The minimum atomic E-state index is -0.339. The van der Waals surface area contributed by atoms with E-state index >= 15 is 0 Å². The van der Waals surface area contributed by atoms with E-state index in [1.54, 1.807) is 25.5 Å². The van der Waals surface area contributed by atoms with Crippen LogP contribution in [0.1, 0.15) is 22.3 Å². The SMILES string of the molecule is COc1ccc(C(Cl)c2occc2C)cc1Cl. The van der Waals surface area contributed by atoms with Gasteiger partial charge >= 0.3 is 0 Å².